The first-order valence-corrected chi connectivity index (χ1v) is 8.07. The first kappa shape index (κ1) is 16.7. The number of nitrogens with two attached hydrogens (primary N) is 1. The number of hydrogen-bond donors (Lipinski definition) is 1. The molecule has 122 valence electrons. The minimum atomic E-state index is 0.259. The molecule has 0 aromatic carbocycles. The first-order chi connectivity index (χ1) is 10.2. The summed E-state index contributed by atoms with van der Waals surface area (Å²) < 4.78 is 10.7. The third-order valence-electron chi connectivity index (χ3n) is 4.59. The summed E-state index contributed by atoms with van der Waals surface area (Å²) in [5.74, 6) is 0.259. The van der Waals surface area contributed by atoms with E-state index < -0.39 is 0 Å². The van der Waals surface area contributed by atoms with E-state index in [0.29, 0.717) is 38.3 Å². The van der Waals surface area contributed by atoms with Crippen molar-refractivity contribution in [3.05, 3.63) is 0 Å². The number of likely N-dealkylation sites (tertiary alicyclic amines) is 1. The molecule has 2 unspecified atom stereocenters. The van der Waals surface area contributed by atoms with Crippen molar-refractivity contribution in [1.29, 1.82) is 0 Å². The summed E-state index contributed by atoms with van der Waals surface area (Å²) >= 11 is 0. The van der Waals surface area contributed by atoms with Gasteiger partial charge in [0.25, 0.3) is 0 Å². The van der Waals surface area contributed by atoms with E-state index in [0.717, 1.165) is 45.4 Å². The highest BCUT2D eigenvalue weighted by atomic mass is 16.5. The van der Waals surface area contributed by atoms with E-state index in [-0.39, 0.29) is 5.91 Å². The van der Waals surface area contributed by atoms with Crippen molar-refractivity contribution in [2.75, 3.05) is 53.0 Å². The Morgan fingerprint density at radius 2 is 2.10 bits per heavy atom. The highest BCUT2D eigenvalue weighted by Crippen LogP contribution is 2.19. The average Bonchev–Trinajstić information content (AvgIpc) is 2.55. The maximum absolute atomic E-state index is 12.1. The number of hydrogen-bond acceptors (Lipinski definition) is 5. The maximum Gasteiger partial charge on any atom is 0.222 e. The van der Waals surface area contributed by atoms with Crippen LogP contribution < -0.4 is 5.73 Å². The van der Waals surface area contributed by atoms with Gasteiger partial charge in [0.2, 0.25) is 5.91 Å². The molecule has 2 aliphatic heterocycles. The SMILES string of the molecule is COC1CCN(CCCC(=O)N2CCOCC2)C(CN)C1. The summed E-state index contributed by atoms with van der Waals surface area (Å²) in [6, 6.07) is 0.391. The molecule has 0 bridgehead atoms. The van der Waals surface area contributed by atoms with Crippen molar-refractivity contribution >= 4 is 5.91 Å². The van der Waals surface area contributed by atoms with Gasteiger partial charge in [-0.05, 0) is 25.8 Å². The molecule has 6 heteroatoms. The van der Waals surface area contributed by atoms with Gasteiger partial charge in [0.1, 0.15) is 0 Å². The van der Waals surface area contributed by atoms with Gasteiger partial charge in [-0.15, -0.1) is 0 Å². The largest absolute Gasteiger partial charge is 0.381 e. The zero-order valence-corrected chi connectivity index (χ0v) is 13.1. The number of nitrogens with zero attached hydrogens (tertiary/aromatic N) is 2. The molecule has 21 heavy (non-hydrogen) atoms. The molecule has 0 aliphatic carbocycles. The lowest BCUT2D eigenvalue weighted by molar-refractivity contribution is -0.135. The quantitative estimate of drug-likeness (QED) is 0.751. The van der Waals surface area contributed by atoms with Gasteiger partial charge >= 0.3 is 0 Å². The van der Waals surface area contributed by atoms with Crippen molar-refractivity contribution in [1.82, 2.24) is 9.80 Å². The number of carbonyl (C=O) groups is 1. The van der Waals surface area contributed by atoms with Crippen molar-refractivity contribution in [2.45, 2.75) is 37.8 Å². The van der Waals surface area contributed by atoms with E-state index >= 15 is 0 Å². The average molecular weight is 299 g/mol. The second-order valence-corrected chi connectivity index (χ2v) is 5.90. The zero-order valence-electron chi connectivity index (χ0n) is 13.1. The molecular formula is C15H29N3O3. The molecule has 1 amide bonds. The number of piperidine rings is 1. The van der Waals surface area contributed by atoms with Gasteiger partial charge < -0.3 is 20.1 Å². The van der Waals surface area contributed by atoms with Crippen LogP contribution in [0.5, 0.6) is 0 Å². The number of carbonyl (C=O) groups excluding carboxylic acids is 1. The fourth-order valence-corrected chi connectivity index (χ4v) is 3.22. The molecular weight excluding hydrogens is 270 g/mol. The minimum absolute atomic E-state index is 0.259. The van der Waals surface area contributed by atoms with Gasteiger partial charge in [0.05, 0.1) is 19.3 Å². The Balaban J connectivity index is 1.68. The van der Waals surface area contributed by atoms with Crippen LogP contribution in [0, 0.1) is 0 Å². The van der Waals surface area contributed by atoms with Crippen LogP contribution in [0.2, 0.25) is 0 Å². The van der Waals surface area contributed by atoms with Crippen molar-refractivity contribution < 1.29 is 14.3 Å². The molecule has 2 saturated heterocycles. The number of ether oxygens (including phenoxy) is 2. The number of morpholine rings is 1. The summed E-state index contributed by atoms with van der Waals surface area (Å²) in [6.07, 6.45) is 3.94. The Morgan fingerprint density at radius 1 is 1.33 bits per heavy atom. The molecule has 2 heterocycles. The second kappa shape index (κ2) is 8.68. The predicted molar refractivity (Wildman–Crippen MR) is 81.1 cm³/mol. The van der Waals surface area contributed by atoms with Crippen LogP contribution in [0.25, 0.3) is 0 Å². The lowest BCUT2D eigenvalue weighted by Gasteiger charge is -2.38. The maximum atomic E-state index is 12.1. The van der Waals surface area contributed by atoms with Crippen LogP contribution >= 0.6 is 0 Å². The summed E-state index contributed by atoms with van der Waals surface area (Å²) in [5.41, 5.74) is 5.87. The number of methoxy groups -OCH3 is 1. The summed E-state index contributed by atoms with van der Waals surface area (Å²) in [5, 5.41) is 0. The Kier molecular flexibility index (Phi) is 6.89. The van der Waals surface area contributed by atoms with E-state index in [1.54, 1.807) is 7.11 Å². The molecule has 2 aliphatic rings. The minimum Gasteiger partial charge on any atom is -0.381 e. The van der Waals surface area contributed by atoms with Gasteiger partial charge in [-0.2, -0.15) is 0 Å². The van der Waals surface area contributed by atoms with Crippen LogP contribution in [0.1, 0.15) is 25.7 Å². The fraction of sp³-hybridized carbons (Fsp3) is 0.933. The smallest absolute Gasteiger partial charge is 0.222 e. The topological polar surface area (TPSA) is 68.0 Å². The summed E-state index contributed by atoms with van der Waals surface area (Å²) in [6.45, 7) is 5.46. The zero-order chi connectivity index (χ0) is 15.1. The fourth-order valence-electron chi connectivity index (χ4n) is 3.22. The molecule has 0 spiro atoms. The van der Waals surface area contributed by atoms with Crippen LogP contribution in [0.4, 0.5) is 0 Å². The van der Waals surface area contributed by atoms with E-state index in [9.17, 15) is 4.79 Å². The van der Waals surface area contributed by atoms with Gasteiger partial charge in [-0.25, -0.2) is 0 Å². The van der Waals surface area contributed by atoms with Crippen LogP contribution in [-0.2, 0) is 14.3 Å². The monoisotopic (exact) mass is 299 g/mol. The van der Waals surface area contributed by atoms with E-state index in [2.05, 4.69) is 4.90 Å². The molecule has 2 N–H and O–H groups in total. The van der Waals surface area contributed by atoms with Gasteiger partial charge in [-0.1, -0.05) is 0 Å². The van der Waals surface area contributed by atoms with E-state index in [4.69, 9.17) is 15.2 Å². The lowest BCUT2D eigenvalue weighted by Crippen LogP contribution is -2.49. The molecule has 6 nitrogen and oxygen atoms in total. The highest BCUT2D eigenvalue weighted by Gasteiger charge is 2.27. The Morgan fingerprint density at radius 3 is 2.76 bits per heavy atom. The molecule has 0 aromatic rings. The first-order valence-electron chi connectivity index (χ1n) is 8.07. The van der Waals surface area contributed by atoms with Crippen molar-refractivity contribution in [2.24, 2.45) is 5.73 Å². The molecule has 2 atom stereocenters. The second-order valence-electron chi connectivity index (χ2n) is 5.90. The van der Waals surface area contributed by atoms with Crippen LogP contribution in [0.3, 0.4) is 0 Å². The molecule has 0 aromatic heterocycles. The summed E-state index contributed by atoms with van der Waals surface area (Å²) in [4.78, 5) is 16.4. The Hall–Kier alpha value is -0.690. The number of amides is 1. The third kappa shape index (κ3) is 4.92. The standard InChI is InChI=1S/C15H29N3O3/c1-20-14-4-6-17(13(11-14)12-16)5-2-3-15(19)18-7-9-21-10-8-18/h13-14H,2-12,16H2,1H3. The molecule has 2 fully saturated rings. The van der Waals surface area contributed by atoms with Crippen LogP contribution in [-0.4, -0.2) is 80.9 Å². The Labute approximate surface area is 127 Å². The van der Waals surface area contributed by atoms with Gasteiger partial charge in [0.15, 0.2) is 0 Å². The summed E-state index contributed by atoms with van der Waals surface area (Å²) in [7, 11) is 1.77. The van der Waals surface area contributed by atoms with Crippen molar-refractivity contribution in [3.63, 3.8) is 0 Å². The molecule has 0 radical (unpaired) electrons. The van der Waals surface area contributed by atoms with E-state index in [1.165, 1.54) is 0 Å². The highest BCUT2D eigenvalue weighted by molar-refractivity contribution is 5.76. The van der Waals surface area contributed by atoms with Crippen molar-refractivity contribution in [3.8, 4) is 0 Å². The van der Waals surface area contributed by atoms with Gasteiger partial charge in [0, 0.05) is 45.8 Å². The third-order valence-corrected chi connectivity index (χ3v) is 4.59. The lowest BCUT2D eigenvalue weighted by atomic mass is 9.99. The predicted octanol–water partition coefficient (Wildman–Crippen LogP) is 0.0635. The Bertz CT molecular complexity index is 321. The van der Waals surface area contributed by atoms with E-state index in [1.807, 2.05) is 4.90 Å². The van der Waals surface area contributed by atoms with Gasteiger partial charge in [-0.3, -0.25) is 9.69 Å². The molecule has 0 saturated carbocycles. The molecule has 2 rings (SSSR count). The number of rotatable bonds is 6. The normalized spacial score (nSPS) is 27.8. The van der Waals surface area contributed by atoms with Crippen LogP contribution in [0.15, 0.2) is 0 Å².